The summed E-state index contributed by atoms with van der Waals surface area (Å²) in [4.78, 5) is 0. The molecule has 0 aromatic carbocycles. The summed E-state index contributed by atoms with van der Waals surface area (Å²) >= 11 is 0. The summed E-state index contributed by atoms with van der Waals surface area (Å²) in [6, 6.07) is 0. The van der Waals surface area contributed by atoms with Gasteiger partial charge in [0.05, 0.1) is 0 Å². The van der Waals surface area contributed by atoms with Crippen LogP contribution in [0.3, 0.4) is 0 Å². The zero-order valence-corrected chi connectivity index (χ0v) is 17.2. The smallest absolute Gasteiger partial charge is 0.199 e. The van der Waals surface area contributed by atoms with Crippen molar-refractivity contribution >= 4 is 0 Å². The number of hydrogen-bond donors (Lipinski definition) is 0. The van der Waals surface area contributed by atoms with Crippen molar-refractivity contribution in [3.63, 3.8) is 0 Å². The molecule has 0 aromatic rings. The first-order valence-corrected chi connectivity index (χ1v) is 11.0. The monoisotopic (exact) mass is 454 g/mol. The molecule has 0 aliphatic heterocycles. The molecule has 0 N–H and O–H groups in total. The Morgan fingerprint density at radius 2 is 1.07 bits per heavy atom. The minimum absolute atomic E-state index is 0.0467. The third-order valence-electron chi connectivity index (χ3n) is 7.23. The number of alkyl halides is 9. The van der Waals surface area contributed by atoms with Crippen molar-refractivity contribution in [2.45, 2.75) is 108 Å². The van der Waals surface area contributed by atoms with Crippen molar-refractivity contribution in [1.29, 1.82) is 0 Å². The summed E-state index contributed by atoms with van der Waals surface area (Å²) in [6.45, 7) is 2.14. The van der Waals surface area contributed by atoms with Gasteiger partial charge in [-0.1, -0.05) is 45.4 Å². The molecule has 178 valence electrons. The van der Waals surface area contributed by atoms with Crippen LogP contribution in [0.5, 0.6) is 0 Å². The lowest BCUT2D eigenvalue weighted by atomic mass is 9.67. The first-order valence-electron chi connectivity index (χ1n) is 11.0. The van der Waals surface area contributed by atoms with Gasteiger partial charge in [-0.05, 0) is 56.3 Å². The van der Waals surface area contributed by atoms with Gasteiger partial charge < -0.3 is 0 Å². The molecule has 0 unspecified atom stereocenters. The molecule has 0 radical (unpaired) electrons. The van der Waals surface area contributed by atoms with Gasteiger partial charge in [0, 0.05) is 5.92 Å². The van der Waals surface area contributed by atoms with Crippen LogP contribution < -0.4 is 0 Å². The van der Waals surface area contributed by atoms with Gasteiger partial charge >= 0.3 is 23.9 Å². The van der Waals surface area contributed by atoms with Crippen molar-refractivity contribution in [3.8, 4) is 0 Å². The van der Waals surface area contributed by atoms with Gasteiger partial charge in [0.1, 0.15) is 0 Å². The first kappa shape index (κ1) is 25.6. The predicted octanol–water partition coefficient (Wildman–Crippen LogP) is 8.65. The molecule has 2 saturated carbocycles. The maximum Gasteiger partial charge on any atom is 0.460 e. The van der Waals surface area contributed by atoms with E-state index in [9.17, 15) is 39.5 Å². The van der Waals surface area contributed by atoms with Crippen LogP contribution in [0.25, 0.3) is 0 Å². The molecule has 0 atom stereocenters. The van der Waals surface area contributed by atoms with E-state index < -0.39 is 42.7 Å². The van der Waals surface area contributed by atoms with Crippen LogP contribution in [0.2, 0.25) is 0 Å². The van der Waals surface area contributed by atoms with Gasteiger partial charge in [-0.3, -0.25) is 0 Å². The van der Waals surface area contributed by atoms with Crippen LogP contribution in [0.1, 0.15) is 84.0 Å². The molecule has 0 amide bonds. The van der Waals surface area contributed by atoms with E-state index >= 15 is 0 Å². The van der Waals surface area contributed by atoms with Crippen LogP contribution in [-0.2, 0) is 0 Å². The van der Waals surface area contributed by atoms with Crippen molar-refractivity contribution < 1.29 is 39.5 Å². The highest BCUT2D eigenvalue weighted by Gasteiger charge is 2.82. The van der Waals surface area contributed by atoms with E-state index in [1.807, 2.05) is 0 Å². The minimum Gasteiger partial charge on any atom is -0.199 e. The van der Waals surface area contributed by atoms with E-state index in [1.165, 1.54) is 19.3 Å². The van der Waals surface area contributed by atoms with Gasteiger partial charge in [0.25, 0.3) is 0 Å². The Morgan fingerprint density at radius 3 is 1.50 bits per heavy atom. The zero-order valence-electron chi connectivity index (χ0n) is 17.2. The topological polar surface area (TPSA) is 0 Å². The molecule has 0 heterocycles. The average molecular weight is 454 g/mol. The Kier molecular flexibility index (Phi) is 8.09. The third-order valence-corrected chi connectivity index (χ3v) is 7.23. The van der Waals surface area contributed by atoms with E-state index in [0.717, 1.165) is 32.1 Å². The third kappa shape index (κ3) is 5.05. The lowest BCUT2D eigenvalue weighted by Gasteiger charge is -2.42. The molecule has 0 bridgehead atoms. The number of halogens is 9. The fourth-order valence-electron chi connectivity index (χ4n) is 5.23. The summed E-state index contributed by atoms with van der Waals surface area (Å²) in [5.41, 5.74) is 0. The second-order valence-electron chi connectivity index (χ2n) is 9.16. The van der Waals surface area contributed by atoms with Crippen molar-refractivity contribution in [1.82, 2.24) is 0 Å². The van der Waals surface area contributed by atoms with Gasteiger partial charge in [-0.25, -0.2) is 0 Å². The van der Waals surface area contributed by atoms with Crippen LogP contribution in [0.15, 0.2) is 0 Å². The molecule has 2 aliphatic rings. The lowest BCUT2D eigenvalue weighted by molar-refractivity contribution is -0.404. The standard InChI is InChI=1S/C21H31F9/c1-2-3-4-5-14-6-8-15(9-7-14)16-10-12-17(13-11-16)18(22,23)19(24,25)20(26,27)21(28,29)30/h14-17H,2-13H2,1H3. The van der Waals surface area contributed by atoms with Crippen LogP contribution >= 0.6 is 0 Å². The van der Waals surface area contributed by atoms with E-state index in [4.69, 9.17) is 0 Å². The Hall–Kier alpha value is -0.630. The fraction of sp³-hybridized carbons (Fsp3) is 1.00. The number of rotatable bonds is 8. The van der Waals surface area contributed by atoms with E-state index in [-0.39, 0.29) is 18.8 Å². The molecule has 0 saturated heterocycles. The van der Waals surface area contributed by atoms with Crippen molar-refractivity contribution in [2.75, 3.05) is 0 Å². The summed E-state index contributed by atoms with van der Waals surface area (Å²) in [5.74, 6) is -19.9. The normalized spacial score (nSPS) is 29.8. The fourth-order valence-corrected chi connectivity index (χ4v) is 5.23. The van der Waals surface area contributed by atoms with Crippen LogP contribution in [0, 0.1) is 23.7 Å². The maximum atomic E-state index is 14.2. The van der Waals surface area contributed by atoms with Crippen molar-refractivity contribution in [2.24, 2.45) is 23.7 Å². The summed E-state index contributed by atoms with van der Waals surface area (Å²) in [6.07, 6.45) is 1.31. The molecule has 2 fully saturated rings. The Bertz CT molecular complexity index is 525. The first-order chi connectivity index (χ1) is 13.8. The van der Waals surface area contributed by atoms with E-state index in [2.05, 4.69) is 6.92 Å². The van der Waals surface area contributed by atoms with E-state index in [0.29, 0.717) is 11.8 Å². The summed E-state index contributed by atoms with van der Waals surface area (Å²) < 4.78 is 119. The largest absolute Gasteiger partial charge is 0.460 e. The predicted molar refractivity (Wildman–Crippen MR) is 95.9 cm³/mol. The Morgan fingerprint density at radius 1 is 0.600 bits per heavy atom. The van der Waals surface area contributed by atoms with Gasteiger partial charge in [0.15, 0.2) is 0 Å². The number of hydrogen-bond acceptors (Lipinski definition) is 0. The van der Waals surface area contributed by atoms with Crippen LogP contribution in [-0.4, -0.2) is 23.9 Å². The molecule has 30 heavy (non-hydrogen) atoms. The highest BCUT2D eigenvalue weighted by atomic mass is 19.4. The summed E-state index contributed by atoms with van der Waals surface area (Å²) in [7, 11) is 0. The molecule has 2 rings (SSSR count). The van der Waals surface area contributed by atoms with Gasteiger partial charge in [-0.2, -0.15) is 39.5 Å². The second kappa shape index (κ2) is 9.47. The second-order valence-corrected chi connectivity index (χ2v) is 9.16. The van der Waals surface area contributed by atoms with Crippen LogP contribution in [0.4, 0.5) is 39.5 Å². The Balaban J connectivity index is 1.91. The average Bonchev–Trinajstić information content (AvgIpc) is 2.67. The summed E-state index contributed by atoms with van der Waals surface area (Å²) in [5, 5.41) is 0. The molecule has 0 nitrogen and oxygen atoms in total. The molecule has 0 aromatic heterocycles. The highest BCUT2D eigenvalue weighted by Crippen LogP contribution is 2.58. The zero-order chi connectivity index (χ0) is 22.8. The lowest BCUT2D eigenvalue weighted by Crippen LogP contribution is -2.63. The van der Waals surface area contributed by atoms with Gasteiger partial charge in [-0.15, -0.1) is 0 Å². The quantitative estimate of drug-likeness (QED) is 0.254. The highest BCUT2D eigenvalue weighted by molar-refractivity contribution is 5.03. The van der Waals surface area contributed by atoms with Crippen molar-refractivity contribution in [3.05, 3.63) is 0 Å². The SMILES string of the molecule is CCCCCC1CCC(C2CCC(C(F)(F)C(F)(F)C(F)(F)C(F)(F)F)CC2)CC1. The molecule has 0 spiro atoms. The maximum absolute atomic E-state index is 14.2. The Labute approximate surface area is 172 Å². The molecule has 9 heteroatoms. The van der Waals surface area contributed by atoms with Gasteiger partial charge in [0.2, 0.25) is 0 Å². The molecular weight excluding hydrogens is 423 g/mol. The number of unbranched alkanes of at least 4 members (excludes halogenated alkanes) is 2. The molecule has 2 aliphatic carbocycles. The molecular formula is C21H31F9. The minimum atomic E-state index is -6.78. The van der Waals surface area contributed by atoms with E-state index in [1.54, 1.807) is 0 Å².